The summed E-state index contributed by atoms with van der Waals surface area (Å²) in [6.45, 7) is 2.60. The van der Waals surface area contributed by atoms with Gasteiger partial charge in [-0.15, -0.1) is 0 Å². The summed E-state index contributed by atoms with van der Waals surface area (Å²) in [6.07, 6.45) is 1.89. The lowest BCUT2D eigenvalue weighted by Gasteiger charge is -2.12. The monoisotopic (exact) mass is 265 g/mol. The number of nitrogens with one attached hydrogen (secondary N) is 1. The van der Waals surface area contributed by atoms with Crippen molar-refractivity contribution in [2.45, 2.75) is 25.8 Å². The van der Waals surface area contributed by atoms with Crippen LogP contribution in [-0.2, 0) is 0 Å². The molecule has 1 aromatic carbocycles. The van der Waals surface area contributed by atoms with Crippen molar-refractivity contribution in [3.05, 3.63) is 22.2 Å². The van der Waals surface area contributed by atoms with E-state index in [1.807, 2.05) is 0 Å². The molecule has 0 amide bonds. The first-order valence-corrected chi connectivity index (χ1v) is 6.02. The number of fused-ring (bicyclic) bond motifs is 1. The van der Waals surface area contributed by atoms with Crippen LogP contribution >= 0.6 is 0 Å². The molecule has 8 heteroatoms. The highest BCUT2D eigenvalue weighted by Crippen LogP contribution is 2.27. The number of rotatable bonds is 6. The minimum atomic E-state index is -0.510. The molecule has 2 aromatic rings. The van der Waals surface area contributed by atoms with Crippen LogP contribution in [0.15, 0.2) is 16.8 Å². The summed E-state index contributed by atoms with van der Waals surface area (Å²) < 4.78 is 4.52. The van der Waals surface area contributed by atoms with E-state index in [0.717, 1.165) is 12.8 Å². The summed E-state index contributed by atoms with van der Waals surface area (Å²) in [7, 11) is 0. The van der Waals surface area contributed by atoms with Crippen LogP contribution < -0.4 is 11.1 Å². The highest BCUT2D eigenvalue weighted by atomic mass is 16.6. The molecule has 1 unspecified atom stereocenters. The highest BCUT2D eigenvalue weighted by molar-refractivity contribution is 5.87. The summed E-state index contributed by atoms with van der Waals surface area (Å²) in [5, 5.41) is 21.2. The van der Waals surface area contributed by atoms with E-state index in [1.54, 1.807) is 6.07 Å². The summed E-state index contributed by atoms with van der Waals surface area (Å²) in [6, 6.07) is 3.07. The van der Waals surface area contributed by atoms with Crippen LogP contribution in [0.3, 0.4) is 0 Å². The third-order valence-electron chi connectivity index (χ3n) is 2.77. The minimum absolute atomic E-state index is 0.00943. The van der Waals surface area contributed by atoms with Gasteiger partial charge in [0.25, 0.3) is 0 Å². The first-order valence-electron chi connectivity index (χ1n) is 6.02. The van der Waals surface area contributed by atoms with Gasteiger partial charge in [-0.2, -0.15) is 0 Å². The van der Waals surface area contributed by atoms with Crippen molar-refractivity contribution in [2.75, 3.05) is 11.9 Å². The van der Waals surface area contributed by atoms with Crippen LogP contribution in [0, 0.1) is 10.1 Å². The van der Waals surface area contributed by atoms with Gasteiger partial charge >= 0.3 is 5.69 Å². The number of benzene rings is 1. The highest BCUT2D eigenvalue weighted by Gasteiger charge is 2.18. The van der Waals surface area contributed by atoms with Crippen LogP contribution in [0.25, 0.3) is 11.0 Å². The molecule has 2 rings (SSSR count). The Bertz CT molecular complexity index is 583. The Labute approximate surface area is 109 Å². The number of nitro groups is 1. The lowest BCUT2D eigenvalue weighted by Crippen LogP contribution is -2.28. The summed E-state index contributed by atoms with van der Waals surface area (Å²) in [5.41, 5.74) is 6.82. The predicted molar refractivity (Wildman–Crippen MR) is 69.8 cm³/mol. The van der Waals surface area contributed by atoms with Crippen molar-refractivity contribution < 1.29 is 9.55 Å². The quantitative estimate of drug-likeness (QED) is 0.602. The third-order valence-corrected chi connectivity index (χ3v) is 2.77. The second kappa shape index (κ2) is 5.61. The van der Waals surface area contributed by atoms with E-state index in [4.69, 9.17) is 5.73 Å². The topological polar surface area (TPSA) is 120 Å². The summed E-state index contributed by atoms with van der Waals surface area (Å²) in [5.74, 6) is 0. The molecule has 102 valence electrons. The Morgan fingerprint density at radius 1 is 1.53 bits per heavy atom. The molecule has 0 spiro atoms. The Morgan fingerprint density at radius 2 is 2.32 bits per heavy atom. The number of nitro benzene ring substituents is 1. The van der Waals surface area contributed by atoms with Crippen molar-refractivity contribution in [2.24, 2.45) is 5.73 Å². The number of nitrogens with zero attached hydrogens (tertiary/aromatic N) is 3. The average molecular weight is 265 g/mol. The fourth-order valence-corrected chi connectivity index (χ4v) is 1.84. The molecule has 0 aliphatic carbocycles. The van der Waals surface area contributed by atoms with Gasteiger partial charge in [0.2, 0.25) is 5.52 Å². The number of anilines is 1. The molecular formula is C11H15N5O3. The molecule has 0 saturated heterocycles. The van der Waals surface area contributed by atoms with Gasteiger partial charge in [-0.1, -0.05) is 13.3 Å². The van der Waals surface area contributed by atoms with Gasteiger partial charge in [-0.05, 0) is 22.8 Å². The van der Waals surface area contributed by atoms with E-state index in [0.29, 0.717) is 17.7 Å². The number of nitrogens with two attached hydrogens (primary N) is 1. The predicted octanol–water partition coefficient (Wildman–Crippen LogP) is 1.67. The third kappa shape index (κ3) is 2.97. The fourth-order valence-electron chi connectivity index (χ4n) is 1.84. The molecule has 0 aliphatic rings. The van der Waals surface area contributed by atoms with E-state index in [-0.39, 0.29) is 17.2 Å². The summed E-state index contributed by atoms with van der Waals surface area (Å²) >= 11 is 0. The number of hydrogen-bond donors (Lipinski definition) is 2. The minimum Gasteiger partial charge on any atom is -0.383 e. The number of hydrogen-bond acceptors (Lipinski definition) is 7. The van der Waals surface area contributed by atoms with E-state index in [1.165, 1.54) is 6.07 Å². The van der Waals surface area contributed by atoms with Gasteiger partial charge in [0.15, 0.2) is 0 Å². The van der Waals surface area contributed by atoms with Crippen molar-refractivity contribution in [1.82, 2.24) is 10.3 Å². The van der Waals surface area contributed by atoms with Gasteiger partial charge in [0.1, 0.15) is 5.52 Å². The largest absolute Gasteiger partial charge is 0.383 e. The molecular weight excluding hydrogens is 250 g/mol. The van der Waals surface area contributed by atoms with E-state index in [2.05, 4.69) is 27.2 Å². The van der Waals surface area contributed by atoms with Gasteiger partial charge in [-0.3, -0.25) is 10.1 Å². The van der Waals surface area contributed by atoms with Crippen LogP contribution in [0.2, 0.25) is 0 Å². The smallest absolute Gasteiger partial charge is 0.302 e. The van der Waals surface area contributed by atoms with E-state index < -0.39 is 4.92 Å². The molecule has 1 aromatic heterocycles. The molecule has 0 bridgehead atoms. The molecule has 0 fully saturated rings. The second-order valence-corrected chi connectivity index (χ2v) is 4.31. The van der Waals surface area contributed by atoms with Gasteiger partial charge in [-0.25, -0.2) is 4.63 Å². The molecule has 0 aliphatic heterocycles. The second-order valence-electron chi connectivity index (χ2n) is 4.31. The number of aromatic nitrogens is 2. The maximum absolute atomic E-state index is 10.9. The number of non-ortho nitro benzene ring substituents is 1. The average Bonchev–Trinajstić information content (AvgIpc) is 2.83. The zero-order valence-electron chi connectivity index (χ0n) is 10.5. The molecule has 1 atom stereocenters. The van der Waals surface area contributed by atoms with Crippen molar-refractivity contribution in [3.8, 4) is 0 Å². The zero-order chi connectivity index (χ0) is 13.8. The maximum Gasteiger partial charge on any atom is 0.302 e. The first kappa shape index (κ1) is 13.2. The molecule has 0 saturated carbocycles. The van der Waals surface area contributed by atoms with Gasteiger partial charge < -0.3 is 11.1 Å². The molecule has 19 heavy (non-hydrogen) atoms. The van der Waals surface area contributed by atoms with E-state index in [9.17, 15) is 10.1 Å². The van der Waals surface area contributed by atoms with Crippen molar-refractivity contribution in [3.63, 3.8) is 0 Å². The van der Waals surface area contributed by atoms with Crippen molar-refractivity contribution >= 4 is 22.4 Å². The molecule has 1 heterocycles. The first-order chi connectivity index (χ1) is 9.11. The summed E-state index contributed by atoms with van der Waals surface area (Å²) in [4.78, 5) is 10.4. The van der Waals surface area contributed by atoms with Gasteiger partial charge in [0, 0.05) is 24.3 Å². The van der Waals surface area contributed by atoms with Crippen LogP contribution in [0.1, 0.15) is 19.8 Å². The standard InChI is InChI=1S/C11H15N5O3/c1-2-3-7(12)6-13-8-4-9-11(15-19-14-9)10(5-8)16(17)18/h4-5,7,13H,2-3,6,12H2,1H3. The zero-order valence-corrected chi connectivity index (χ0v) is 10.5. The Kier molecular flexibility index (Phi) is 3.91. The van der Waals surface area contributed by atoms with Gasteiger partial charge in [0.05, 0.1) is 4.92 Å². The maximum atomic E-state index is 10.9. The lowest BCUT2D eigenvalue weighted by molar-refractivity contribution is -0.383. The normalized spacial score (nSPS) is 12.5. The van der Waals surface area contributed by atoms with Crippen LogP contribution in [-0.4, -0.2) is 27.8 Å². The Balaban J connectivity index is 2.21. The van der Waals surface area contributed by atoms with Crippen LogP contribution in [0.4, 0.5) is 11.4 Å². The molecule has 0 radical (unpaired) electrons. The van der Waals surface area contributed by atoms with Crippen molar-refractivity contribution in [1.29, 1.82) is 0 Å². The lowest BCUT2D eigenvalue weighted by atomic mass is 10.1. The van der Waals surface area contributed by atoms with E-state index >= 15 is 0 Å². The Hall–Kier alpha value is -2.22. The Morgan fingerprint density at radius 3 is 3.00 bits per heavy atom. The van der Waals surface area contributed by atoms with Crippen LogP contribution in [0.5, 0.6) is 0 Å². The molecule has 8 nitrogen and oxygen atoms in total. The molecule has 3 N–H and O–H groups in total. The SMILES string of the molecule is CCCC(N)CNc1cc([N+](=O)[O-])c2nonc2c1. The fraction of sp³-hybridized carbons (Fsp3) is 0.455.